The van der Waals surface area contributed by atoms with Crippen LogP contribution in [0.4, 0.5) is 0 Å². The molecule has 0 aliphatic carbocycles. The van der Waals surface area contributed by atoms with Gasteiger partial charge in [0, 0.05) is 11.4 Å². The van der Waals surface area contributed by atoms with Crippen LogP contribution in [0.15, 0.2) is 42.5 Å². The third kappa shape index (κ3) is 4.87. The molecule has 2 aromatic rings. The average molecular weight is 307 g/mol. The molecule has 21 heavy (non-hydrogen) atoms. The van der Waals surface area contributed by atoms with Gasteiger partial charge in [-0.15, -0.1) is 0 Å². The fourth-order valence-corrected chi connectivity index (χ4v) is 1.98. The molecular weight excluding hydrogens is 288 g/mol. The van der Waals surface area contributed by atoms with Gasteiger partial charge < -0.3 is 14.2 Å². The van der Waals surface area contributed by atoms with E-state index in [2.05, 4.69) is 0 Å². The number of halogens is 1. The molecular formula is C17H19ClO3. The Morgan fingerprint density at radius 3 is 2.33 bits per heavy atom. The molecule has 0 aliphatic rings. The van der Waals surface area contributed by atoms with Gasteiger partial charge in [-0.25, -0.2) is 0 Å². The summed E-state index contributed by atoms with van der Waals surface area (Å²) in [6, 6.07) is 13.2. The molecule has 2 aromatic carbocycles. The van der Waals surface area contributed by atoms with Gasteiger partial charge in [0.25, 0.3) is 0 Å². The summed E-state index contributed by atoms with van der Waals surface area (Å²) in [7, 11) is 1.64. The maximum absolute atomic E-state index is 5.82. The van der Waals surface area contributed by atoms with E-state index in [-0.39, 0.29) is 0 Å². The predicted octanol–water partition coefficient (Wildman–Crippen LogP) is 4.50. The van der Waals surface area contributed by atoms with Crippen molar-refractivity contribution in [2.45, 2.75) is 13.3 Å². The maximum atomic E-state index is 5.82. The molecule has 0 bridgehead atoms. The molecule has 0 saturated heterocycles. The van der Waals surface area contributed by atoms with Crippen LogP contribution in [-0.2, 0) is 0 Å². The first-order valence-corrected chi connectivity index (χ1v) is 7.22. The predicted molar refractivity (Wildman–Crippen MR) is 84.8 cm³/mol. The van der Waals surface area contributed by atoms with Crippen molar-refractivity contribution >= 4 is 11.6 Å². The van der Waals surface area contributed by atoms with E-state index in [1.165, 1.54) is 0 Å². The lowest BCUT2D eigenvalue weighted by molar-refractivity contribution is 0.240. The summed E-state index contributed by atoms with van der Waals surface area (Å²) in [5.41, 5.74) is 1.14. The topological polar surface area (TPSA) is 27.7 Å². The Morgan fingerprint density at radius 2 is 1.62 bits per heavy atom. The molecule has 0 saturated carbocycles. The van der Waals surface area contributed by atoms with Crippen molar-refractivity contribution in [2.24, 2.45) is 0 Å². The minimum absolute atomic E-state index is 0.576. The van der Waals surface area contributed by atoms with E-state index in [9.17, 15) is 0 Å². The fraction of sp³-hybridized carbons (Fsp3) is 0.294. The highest BCUT2D eigenvalue weighted by molar-refractivity contribution is 6.30. The molecule has 0 aromatic heterocycles. The summed E-state index contributed by atoms with van der Waals surface area (Å²) in [4.78, 5) is 0. The van der Waals surface area contributed by atoms with E-state index in [0.29, 0.717) is 18.2 Å². The van der Waals surface area contributed by atoms with Gasteiger partial charge >= 0.3 is 0 Å². The van der Waals surface area contributed by atoms with Crippen LogP contribution in [0.1, 0.15) is 12.0 Å². The zero-order valence-corrected chi connectivity index (χ0v) is 13.0. The van der Waals surface area contributed by atoms with Crippen LogP contribution >= 0.6 is 11.6 Å². The summed E-state index contributed by atoms with van der Waals surface area (Å²) in [6.45, 7) is 3.19. The van der Waals surface area contributed by atoms with Gasteiger partial charge in [0.15, 0.2) is 11.5 Å². The van der Waals surface area contributed by atoms with E-state index >= 15 is 0 Å². The summed E-state index contributed by atoms with van der Waals surface area (Å²) in [5, 5.41) is 0.706. The molecule has 0 radical (unpaired) electrons. The molecule has 0 aliphatic heterocycles. The molecule has 0 N–H and O–H groups in total. The Labute approximate surface area is 130 Å². The number of benzene rings is 2. The highest BCUT2D eigenvalue weighted by atomic mass is 35.5. The minimum Gasteiger partial charge on any atom is -0.493 e. The van der Waals surface area contributed by atoms with E-state index in [0.717, 1.165) is 29.2 Å². The molecule has 112 valence electrons. The van der Waals surface area contributed by atoms with Crippen LogP contribution in [0.25, 0.3) is 0 Å². The summed E-state index contributed by atoms with van der Waals surface area (Å²) in [6.07, 6.45) is 0.791. The van der Waals surface area contributed by atoms with Crippen molar-refractivity contribution in [3.63, 3.8) is 0 Å². The Balaban J connectivity index is 1.73. The summed E-state index contributed by atoms with van der Waals surface area (Å²) < 4.78 is 16.6. The highest BCUT2D eigenvalue weighted by Crippen LogP contribution is 2.27. The first kappa shape index (κ1) is 15.5. The number of aryl methyl sites for hydroxylation is 1. The second-order valence-corrected chi connectivity index (χ2v) is 5.10. The smallest absolute Gasteiger partial charge is 0.161 e. The van der Waals surface area contributed by atoms with Gasteiger partial charge in [-0.3, -0.25) is 0 Å². The third-order valence-corrected chi connectivity index (χ3v) is 3.20. The summed E-state index contributed by atoms with van der Waals surface area (Å²) >= 11 is 5.82. The van der Waals surface area contributed by atoms with Crippen molar-refractivity contribution in [2.75, 3.05) is 20.3 Å². The fourth-order valence-electron chi connectivity index (χ4n) is 1.86. The van der Waals surface area contributed by atoms with Gasteiger partial charge in [0.1, 0.15) is 5.75 Å². The molecule has 0 spiro atoms. The monoisotopic (exact) mass is 306 g/mol. The van der Waals surface area contributed by atoms with Gasteiger partial charge in [0.2, 0.25) is 0 Å². The Morgan fingerprint density at radius 1 is 0.905 bits per heavy atom. The lowest BCUT2D eigenvalue weighted by atomic mass is 10.2. The molecule has 0 atom stereocenters. The van der Waals surface area contributed by atoms with Crippen molar-refractivity contribution in [1.29, 1.82) is 0 Å². The van der Waals surface area contributed by atoms with E-state index in [4.69, 9.17) is 25.8 Å². The van der Waals surface area contributed by atoms with E-state index in [1.807, 2.05) is 49.4 Å². The zero-order valence-electron chi connectivity index (χ0n) is 12.3. The highest BCUT2D eigenvalue weighted by Gasteiger charge is 2.04. The van der Waals surface area contributed by atoms with Crippen LogP contribution in [0.2, 0.25) is 5.02 Å². The Bertz CT molecular complexity index is 567. The zero-order chi connectivity index (χ0) is 15.1. The Kier molecular flexibility index (Phi) is 5.76. The van der Waals surface area contributed by atoms with Gasteiger partial charge in [-0.05, 0) is 48.9 Å². The van der Waals surface area contributed by atoms with Crippen molar-refractivity contribution in [1.82, 2.24) is 0 Å². The Hall–Kier alpha value is -1.87. The van der Waals surface area contributed by atoms with Crippen LogP contribution in [0.3, 0.4) is 0 Å². The van der Waals surface area contributed by atoms with Crippen LogP contribution in [-0.4, -0.2) is 20.3 Å². The normalized spacial score (nSPS) is 10.2. The second-order valence-electron chi connectivity index (χ2n) is 4.66. The number of hydrogen-bond donors (Lipinski definition) is 0. The average Bonchev–Trinajstić information content (AvgIpc) is 2.50. The number of methoxy groups -OCH3 is 1. The van der Waals surface area contributed by atoms with Crippen molar-refractivity contribution in [3.05, 3.63) is 53.1 Å². The first-order chi connectivity index (χ1) is 10.2. The standard InChI is InChI=1S/C17H19ClO3/c1-13-4-9-16(17(12-13)19-2)21-11-3-10-20-15-7-5-14(18)6-8-15/h4-9,12H,3,10-11H2,1-2H3. The maximum Gasteiger partial charge on any atom is 0.161 e. The molecule has 2 rings (SSSR count). The quantitative estimate of drug-likeness (QED) is 0.705. The van der Waals surface area contributed by atoms with Gasteiger partial charge in [-0.2, -0.15) is 0 Å². The molecule has 0 amide bonds. The van der Waals surface area contributed by atoms with Crippen molar-refractivity contribution in [3.8, 4) is 17.2 Å². The van der Waals surface area contributed by atoms with Crippen LogP contribution in [0, 0.1) is 6.92 Å². The SMILES string of the molecule is COc1cc(C)ccc1OCCCOc1ccc(Cl)cc1. The largest absolute Gasteiger partial charge is 0.493 e. The second kappa shape index (κ2) is 7.79. The third-order valence-electron chi connectivity index (χ3n) is 2.95. The lowest BCUT2D eigenvalue weighted by Gasteiger charge is -2.11. The van der Waals surface area contributed by atoms with Crippen LogP contribution in [0.5, 0.6) is 17.2 Å². The van der Waals surface area contributed by atoms with Gasteiger partial charge in [-0.1, -0.05) is 17.7 Å². The molecule has 3 nitrogen and oxygen atoms in total. The van der Waals surface area contributed by atoms with E-state index in [1.54, 1.807) is 7.11 Å². The van der Waals surface area contributed by atoms with Crippen molar-refractivity contribution < 1.29 is 14.2 Å². The van der Waals surface area contributed by atoms with Crippen LogP contribution < -0.4 is 14.2 Å². The minimum atomic E-state index is 0.576. The first-order valence-electron chi connectivity index (χ1n) is 6.85. The lowest BCUT2D eigenvalue weighted by Crippen LogP contribution is -2.05. The number of rotatable bonds is 7. The number of ether oxygens (including phenoxy) is 3. The summed E-state index contributed by atoms with van der Waals surface area (Å²) in [5.74, 6) is 2.33. The molecule has 0 heterocycles. The molecule has 4 heteroatoms. The van der Waals surface area contributed by atoms with E-state index < -0.39 is 0 Å². The molecule has 0 unspecified atom stereocenters. The molecule has 0 fully saturated rings. The number of hydrogen-bond acceptors (Lipinski definition) is 3. The van der Waals surface area contributed by atoms with Gasteiger partial charge in [0.05, 0.1) is 20.3 Å².